The normalized spacial score (nSPS) is 6.50. The van der Waals surface area contributed by atoms with Gasteiger partial charge in [-0.25, -0.2) is 0 Å². The maximum Gasteiger partial charge on any atom is 1.00 e. The van der Waals surface area contributed by atoms with Crippen LogP contribution in [0.15, 0.2) is 24.5 Å². The zero-order valence-corrected chi connectivity index (χ0v) is 9.25. The first-order chi connectivity index (χ1) is 4.23. The summed E-state index contributed by atoms with van der Waals surface area (Å²) in [5, 5.41) is 8.89. The van der Waals surface area contributed by atoms with Crippen LogP contribution in [0.25, 0.3) is 0 Å². The smallest absolute Gasteiger partial charge is 0.550 e. The summed E-state index contributed by atoms with van der Waals surface area (Å²) in [5.41, 5.74) is 0. The van der Waals surface area contributed by atoms with Crippen LogP contribution in [-0.2, 0) is 4.79 Å². The average molecular weight is 165 g/mol. The maximum absolute atomic E-state index is 8.89. The molecule has 0 atom stereocenters. The third-order valence-corrected chi connectivity index (χ3v) is 0.496. The molecule has 1 rings (SSSR count). The van der Waals surface area contributed by atoms with E-state index in [1.165, 1.54) is 0 Å². The van der Waals surface area contributed by atoms with Crippen molar-refractivity contribution in [2.45, 2.75) is 6.92 Å². The van der Waals surface area contributed by atoms with Gasteiger partial charge in [0.2, 0.25) is 0 Å². The van der Waals surface area contributed by atoms with Crippen molar-refractivity contribution in [1.82, 2.24) is 4.98 Å². The quantitative estimate of drug-likeness (QED) is 0.411. The van der Waals surface area contributed by atoms with E-state index in [2.05, 4.69) is 4.98 Å². The van der Waals surface area contributed by atoms with E-state index >= 15 is 0 Å². The number of rotatable bonds is 0. The molecule has 0 aromatic carbocycles. The topological polar surface area (TPSA) is 55.9 Å². The van der Waals surface area contributed by atoms with Crippen LogP contribution in [-0.4, -0.2) is 11.0 Å². The van der Waals surface area contributed by atoms with Gasteiger partial charge in [-0.15, -0.1) is 0 Å². The average Bonchev–Trinajstić information content (AvgIpc) is 2.11. The van der Waals surface area contributed by atoms with Crippen molar-refractivity contribution in [3.8, 4) is 0 Å². The third-order valence-electron chi connectivity index (χ3n) is 0.496. The van der Waals surface area contributed by atoms with Crippen LogP contribution < -0.4 is 56.5 Å². The van der Waals surface area contributed by atoms with Crippen LogP contribution in [0.5, 0.6) is 0 Å². The molecule has 0 fully saturated rings. The van der Waals surface area contributed by atoms with Gasteiger partial charge in [-0.3, -0.25) is 0 Å². The van der Waals surface area contributed by atoms with Crippen LogP contribution in [0.1, 0.15) is 6.92 Å². The number of aromatic nitrogens is 1. The second kappa shape index (κ2) is 9.39. The van der Waals surface area contributed by atoms with Crippen molar-refractivity contribution in [1.29, 1.82) is 0 Å². The van der Waals surface area contributed by atoms with E-state index in [1.54, 1.807) is 0 Å². The van der Waals surface area contributed by atoms with Crippen molar-refractivity contribution in [2.75, 3.05) is 0 Å². The van der Waals surface area contributed by atoms with Crippen LogP contribution in [0.3, 0.4) is 0 Å². The summed E-state index contributed by atoms with van der Waals surface area (Å²) in [5.74, 6) is -1.08. The molecule has 50 valence electrons. The van der Waals surface area contributed by atoms with Gasteiger partial charge >= 0.3 is 51.4 Å². The molecule has 0 bridgehead atoms. The number of carbonyl (C=O) groups excluding carboxylic acids is 1. The Hall–Kier alpha value is 0.386. The molecule has 1 N–H and O–H groups in total. The molecule has 0 unspecified atom stereocenters. The van der Waals surface area contributed by atoms with Crippen LogP contribution >= 0.6 is 0 Å². The number of aliphatic carboxylic acids is 1. The standard InChI is InChI=1S/C4H5N.C2H4O2.K/c1-2-4-5-3-1;1-2(3)4;/h1-5H;1H3,(H,3,4);/q;;+1/p-1. The van der Waals surface area contributed by atoms with Gasteiger partial charge in [-0.1, -0.05) is 0 Å². The van der Waals surface area contributed by atoms with Crippen molar-refractivity contribution >= 4 is 5.97 Å². The van der Waals surface area contributed by atoms with Gasteiger partial charge in [0.15, 0.2) is 0 Å². The van der Waals surface area contributed by atoms with E-state index < -0.39 is 5.97 Å². The summed E-state index contributed by atoms with van der Waals surface area (Å²) >= 11 is 0. The number of carbonyl (C=O) groups is 1. The van der Waals surface area contributed by atoms with Crippen LogP contribution in [0.2, 0.25) is 0 Å². The summed E-state index contributed by atoms with van der Waals surface area (Å²) in [6, 6.07) is 3.89. The van der Waals surface area contributed by atoms with Crippen LogP contribution in [0.4, 0.5) is 0 Å². The first-order valence-corrected chi connectivity index (χ1v) is 2.49. The largest absolute Gasteiger partial charge is 1.00 e. The van der Waals surface area contributed by atoms with E-state index in [0.29, 0.717) is 0 Å². The Morgan fingerprint density at radius 3 is 1.80 bits per heavy atom. The molecule has 1 heterocycles. The van der Waals surface area contributed by atoms with Gasteiger partial charge in [0.1, 0.15) is 0 Å². The molecular weight excluding hydrogens is 157 g/mol. The zero-order chi connectivity index (χ0) is 7.11. The van der Waals surface area contributed by atoms with Gasteiger partial charge < -0.3 is 14.9 Å². The summed E-state index contributed by atoms with van der Waals surface area (Å²) < 4.78 is 0. The minimum atomic E-state index is -1.08. The Bertz CT molecular complexity index is 130. The van der Waals surface area contributed by atoms with Gasteiger partial charge in [0.05, 0.1) is 0 Å². The number of carboxylic acid groups (broad SMARTS) is 1. The molecule has 4 heteroatoms. The molecule has 0 saturated heterocycles. The van der Waals surface area contributed by atoms with Crippen molar-refractivity contribution in [3.63, 3.8) is 0 Å². The molecule has 1 aromatic heterocycles. The predicted octanol–water partition coefficient (Wildman–Crippen LogP) is -3.23. The fourth-order valence-corrected chi connectivity index (χ4v) is 0.278. The molecule has 1 aromatic rings. The van der Waals surface area contributed by atoms with E-state index in [1.807, 2.05) is 24.5 Å². The molecule has 3 nitrogen and oxygen atoms in total. The second-order valence-electron chi connectivity index (χ2n) is 1.38. The van der Waals surface area contributed by atoms with Crippen molar-refractivity contribution in [2.24, 2.45) is 0 Å². The SMILES string of the molecule is CC(=O)[O-].[K+].c1cc[nH]c1. The fraction of sp³-hybridized carbons (Fsp3) is 0.167. The molecule has 0 aliphatic heterocycles. The Kier molecular flexibility index (Phi) is 12.2. The Morgan fingerprint density at radius 1 is 1.40 bits per heavy atom. The number of carboxylic acids is 1. The number of aromatic amines is 1. The third kappa shape index (κ3) is 15.8. The molecule has 10 heavy (non-hydrogen) atoms. The molecular formula is C6H8KNO2. The van der Waals surface area contributed by atoms with E-state index in [9.17, 15) is 0 Å². The first kappa shape index (κ1) is 13.0. The first-order valence-electron chi connectivity index (χ1n) is 2.49. The van der Waals surface area contributed by atoms with E-state index in [0.717, 1.165) is 6.92 Å². The van der Waals surface area contributed by atoms with Crippen LogP contribution in [0, 0.1) is 0 Å². The minimum absolute atomic E-state index is 0. The molecule has 0 aliphatic carbocycles. The Morgan fingerprint density at radius 2 is 1.70 bits per heavy atom. The summed E-state index contributed by atoms with van der Waals surface area (Å²) in [4.78, 5) is 11.8. The predicted molar refractivity (Wildman–Crippen MR) is 31.5 cm³/mol. The number of H-pyrrole nitrogens is 1. The molecule has 0 spiro atoms. The molecule has 0 amide bonds. The molecule has 0 saturated carbocycles. The summed E-state index contributed by atoms with van der Waals surface area (Å²) in [6.07, 6.45) is 3.75. The van der Waals surface area contributed by atoms with Gasteiger partial charge in [0.25, 0.3) is 0 Å². The monoisotopic (exact) mass is 165 g/mol. The number of hydrogen-bond donors (Lipinski definition) is 1. The van der Waals surface area contributed by atoms with Gasteiger partial charge in [0, 0.05) is 18.4 Å². The van der Waals surface area contributed by atoms with Crippen molar-refractivity contribution in [3.05, 3.63) is 24.5 Å². The number of nitrogens with one attached hydrogen (secondary N) is 1. The minimum Gasteiger partial charge on any atom is -0.550 e. The van der Waals surface area contributed by atoms with Gasteiger partial charge in [-0.2, -0.15) is 0 Å². The van der Waals surface area contributed by atoms with Gasteiger partial charge in [-0.05, 0) is 19.1 Å². The molecule has 0 aliphatic rings. The zero-order valence-electron chi connectivity index (χ0n) is 6.13. The maximum atomic E-state index is 8.89. The van der Waals surface area contributed by atoms with E-state index in [4.69, 9.17) is 9.90 Å². The molecule has 0 radical (unpaired) electrons. The Labute approximate surface area is 102 Å². The van der Waals surface area contributed by atoms with E-state index in [-0.39, 0.29) is 51.4 Å². The number of hydrogen-bond acceptors (Lipinski definition) is 2. The fourth-order valence-electron chi connectivity index (χ4n) is 0.278. The summed E-state index contributed by atoms with van der Waals surface area (Å²) in [7, 11) is 0. The summed E-state index contributed by atoms with van der Waals surface area (Å²) in [6.45, 7) is 0.972. The Balaban J connectivity index is 0. The van der Waals surface area contributed by atoms with Crippen molar-refractivity contribution < 1.29 is 61.3 Å². The second-order valence-corrected chi connectivity index (χ2v) is 1.38.